The number of ether oxygens (including phenoxy) is 1. The van der Waals surface area contributed by atoms with Gasteiger partial charge in [0.2, 0.25) is 0 Å². The monoisotopic (exact) mass is 349 g/mol. The lowest BCUT2D eigenvalue weighted by atomic mass is 10.1. The van der Waals surface area contributed by atoms with Gasteiger partial charge in [0.25, 0.3) is 0 Å². The zero-order valence-corrected chi connectivity index (χ0v) is 14.4. The SMILES string of the molecule is CC(C)Oc1ccc(C(=O)/C=C/Nc2cccc(Cl)c2Cl)cc1. The molecule has 0 fully saturated rings. The van der Waals surface area contributed by atoms with Gasteiger partial charge < -0.3 is 10.1 Å². The quantitative estimate of drug-likeness (QED) is 0.545. The van der Waals surface area contributed by atoms with E-state index < -0.39 is 0 Å². The van der Waals surface area contributed by atoms with Gasteiger partial charge >= 0.3 is 0 Å². The van der Waals surface area contributed by atoms with Crippen molar-refractivity contribution < 1.29 is 9.53 Å². The second-order valence-corrected chi connectivity index (χ2v) is 5.92. The van der Waals surface area contributed by atoms with E-state index in [-0.39, 0.29) is 11.9 Å². The molecular formula is C18H17Cl2NO2. The van der Waals surface area contributed by atoms with Crippen molar-refractivity contribution in [2.75, 3.05) is 5.32 Å². The fraction of sp³-hybridized carbons (Fsp3) is 0.167. The van der Waals surface area contributed by atoms with E-state index in [1.165, 1.54) is 6.08 Å². The fourth-order valence-electron chi connectivity index (χ4n) is 1.89. The van der Waals surface area contributed by atoms with Crippen LogP contribution in [-0.2, 0) is 0 Å². The Kier molecular flexibility index (Phi) is 6.08. The van der Waals surface area contributed by atoms with Crippen molar-refractivity contribution in [2.45, 2.75) is 20.0 Å². The molecule has 0 atom stereocenters. The molecule has 0 bridgehead atoms. The number of anilines is 1. The van der Waals surface area contributed by atoms with Crippen molar-refractivity contribution in [3.8, 4) is 5.75 Å². The first kappa shape index (κ1) is 17.4. The molecule has 0 aliphatic carbocycles. The Bertz CT molecular complexity index is 709. The Balaban J connectivity index is 1.99. The number of hydrogen-bond acceptors (Lipinski definition) is 3. The minimum Gasteiger partial charge on any atom is -0.491 e. The van der Waals surface area contributed by atoms with E-state index in [9.17, 15) is 4.79 Å². The predicted molar refractivity (Wildman–Crippen MR) is 95.8 cm³/mol. The number of rotatable bonds is 6. The smallest absolute Gasteiger partial charge is 0.187 e. The molecule has 0 heterocycles. The molecule has 0 aliphatic rings. The molecule has 0 radical (unpaired) electrons. The van der Waals surface area contributed by atoms with Gasteiger partial charge in [0.1, 0.15) is 5.75 Å². The van der Waals surface area contributed by atoms with Crippen molar-refractivity contribution in [3.63, 3.8) is 0 Å². The average molecular weight is 350 g/mol. The van der Waals surface area contributed by atoms with E-state index >= 15 is 0 Å². The van der Waals surface area contributed by atoms with E-state index in [0.717, 1.165) is 5.75 Å². The molecule has 0 amide bonds. The first-order valence-electron chi connectivity index (χ1n) is 7.15. The maximum absolute atomic E-state index is 12.1. The Morgan fingerprint density at radius 1 is 1.13 bits per heavy atom. The van der Waals surface area contributed by atoms with E-state index in [1.807, 2.05) is 13.8 Å². The number of ketones is 1. The third-order valence-electron chi connectivity index (χ3n) is 2.94. The van der Waals surface area contributed by atoms with Crippen molar-refractivity contribution in [3.05, 3.63) is 70.3 Å². The molecule has 2 aromatic rings. The topological polar surface area (TPSA) is 38.3 Å². The van der Waals surface area contributed by atoms with Crippen LogP contribution in [0.5, 0.6) is 5.75 Å². The summed E-state index contributed by atoms with van der Waals surface area (Å²) in [5, 5.41) is 3.82. The summed E-state index contributed by atoms with van der Waals surface area (Å²) in [6, 6.07) is 12.3. The van der Waals surface area contributed by atoms with Crippen molar-refractivity contribution >= 4 is 34.7 Å². The van der Waals surface area contributed by atoms with Crippen LogP contribution in [0.15, 0.2) is 54.7 Å². The highest BCUT2D eigenvalue weighted by Crippen LogP contribution is 2.29. The van der Waals surface area contributed by atoms with E-state index in [4.69, 9.17) is 27.9 Å². The first-order valence-corrected chi connectivity index (χ1v) is 7.91. The number of hydrogen-bond donors (Lipinski definition) is 1. The fourth-order valence-corrected chi connectivity index (χ4v) is 2.24. The third-order valence-corrected chi connectivity index (χ3v) is 3.75. The van der Waals surface area contributed by atoms with Gasteiger partial charge in [-0.05, 0) is 50.2 Å². The number of benzene rings is 2. The van der Waals surface area contributed by atoms with Crippen LogP contribution in [0.25, 0.3) is 0 Å². The van der Waals surface area contributed by atoms with Crippen molar-refractivity contribution in [2.24, 2.45) is 0 Å². The molecule has 0 saturated carbocycles. The molecular weight excluding hydrogens is 333 g/mol. The van der Waals surface area contributed by atoms with Crippen LogP contribution in [0.2, 0.25) is 10.0 Å². The van der Waals surface area contributed by atoms with Gasteiger partial charge in [-0.1, -0.05) is 29.3 Å². The lowest BCUT2D eigenvalue weighted by Crippen LogP contribution is -2.05. The standard InChI is InChI=1S/C18H17Cl2NO2/c1-12(2)23-14-8-6-13(7-9-14)17(22)10-11-21-16-5-3-4-15(19)18(16)20/h3-12,21H,1-2H3/b11-10+. The zero-order valence-electron chi connectivity index (χ0n) is 12.8. The second kappa shape index (κ2) is 8.04. The van der Waals surface area contributed by atoms with Crippen molar-refractivity contribution in [1.82, 2.24) is 0 Å². The van der Waals surface area contributed by atoms with Gasteiger partial charge in [0.15, 0.2) is 5.78 Å². The number of carbonyl (C=O) groups excluding carboxylic acids is 1. The first-order chi connectivity index (χ1) is 11.0. The van der Waals surface area contributed by atoms with Crippen LogP contribution in [0, 0.1) is 0 Å². The second-order valence-electron chi connectivity index (χ2n) is 5.13. The zero-order chi connectivity index (χ0) is 16.8. The van der Waals surface area contributed by atoms with Crippen LogP contribution in [0.3, 0.4) is 0 Å². The van der Waals surface area contributed by atoms with Crippen LogP contribution in [-0.4, -0.2) is 11.9 Å². The molecule has 23 heavy (non-hydrogen) atoms. The minimum atomic E-state index is -0.119. The summed E-state index contributed by atoms with van der Waals surface area (Å²) in [5.74, 6) is 0.621. The molecule has 0 spiro atoms. The Labute approximate surface area is 145 Å². The molecule has 1 N–H and O–H groups in total. The molecule has 5 heteroatoms. The van der Waals surface area contributed by atoms with E-state index in [0.29, 0.717) is 21.3 Å². The normalized spacial score (nSPS) is 11.0. The summed E-state index contributed by atoms with van der Waals surface area (Å²) >= 11 is 12.0. The van der Waals surface area contributed by atoms with Crippen LogP contribution >= 0.6 is 23.2 Å². The number of allylic oxidation sites excluding steroid dienone is 1. The summed E-state index contributed by atoms with van der Waals surface area (Å²) in [6.45, 7) is 3.91. The number of carbonyl (C=O) groups is 1. The molecule has 3 nitrogen and oxygen atoms in total. The molecule has 0 aromatic heterocycles. The Morgan fingerprint density at radius 3 is 2.48 bits per heavy atom. The summed E-state index contributed by atoms with van der Waals surface area (Å²) < 4.78 is 5.54. The molecule has 120 valence electrons. The lowest BCUT2D eigenvalue weighted by Gasteiger charge is -2.09. The average Bonchev–Trinajstić information content (AvgIpc) is 2.51. The summed E-state index contributed by atoms with van der Waals surface area (Å²) in [7, 11) is 0. The number of nitrogens with one attached hydrogen (secondary N) is 1. The third kappa shape index (κ3) is 5.02. The minimum absolute atomic E-state index is 0.100. The van der Waals surface area contributed by atoms with Gasteiger partial charge in [-0.15, -0.1) is 0 Å². The van der Waals surface area contributed by atoms with E-state index in [2.05, 4.69) is 5.32 Å². The van der Waals surface area contributed by atoms with Gasteiger partial charge in [-0.25, -0.2) is 0 Å². The Hall–Kier alpha value is -1.97. The van der Waals surface area contributed by atoms with Gasteiger partial charge in [0.05, 0.1) is 21.8 Å². The van der Waals surface area contributed by atoms with Crippen LogP contribution in [0.4, 0.5) is 5.69 Å². The van der Waals surface area contributed by atoms with Gasteiger partial charge in [-0.2, -0.15) is 0 Å². The largest absolute Gasteiger partial charge is 0.491 e. The maximum atomic E-state index is 12.1. The predicted octanol–water partition coefficient (Wildman–Crippen LogP) is 5.59. The highest BCUT2D eigenvalue weighted by molar-refractivity contribution is 6.43. The summed E-state index contributed by atoms with van der Waals surface area (Å²) in [5.41, 5.74) is 1.22. The maximum Gasteiger partial charge on any atom is 0.187 e. The molecule has 2 rings (SSSR count). The highest BCUT2D eigenvalue weighted by Gasteiger charge is 2.04. The highest BCUT2D eigenvalue weighted by atomic mass is 35.5. The summed E-state index contributed by atoms with van der Waals surface area (Å²) in [4.78, 5) is 12.1. The van der Waals surface area contributed by atoms with Gasteiger partial charge in [-0.3, -0.25) is 4.79 Å². The van der Waals surface area contributed by atoms with Gasteiger partial charge in [0, 0.05) is 17.8 Å². The van der Waals surface area contributed by atoms with Crippen LogP contribution < -0.4 is 10.1 Å². The lowest BCUT2D eigenvalue weighted by molar-refractivity contribution is 0.104. The Morgan fingerprint density at radius 2 is 1.83 bits per heavy atom. The molecule has 0 aliphatic heterocycles. The van der Waals surface area contributed by atoms with Crippen LogP contribution in [0.1, 0.15) is 24.2 Å². The molecule has 2 aromatic carbocycles. The van der Waals surface area contributed by atoms with E-state index in [1.54, 1.807) is 48.7 Å². The molecule has 0 unspecified atom stereocenters. The number of halogens is 2. The van der Waals surface area contributed by atoms with Crippen molar-refractivity contribution in [1.29, 1.82) is 0 Å². The summed E-state index contributed by atoms with van der Waals surface area (Å²) in [6.07, 6.45) is 3.08. The molecule has 0 saturated heterocycles.